The first-order valence-electron chi connectivity index (χ1n) is 11.1. The second-order valence-corrected chi connectivity index (χ2v) is 7.67. The highest BCUT2D eigenvalue weighted by atomic mass is 16.5. The van der Waals surface area contributed by atoms with Gasteiger partial charge in [-0.2, -0.15) is 0 Å². The zero-order chi connectivity index (χ0) is 23.9. The number of nitrogens with one attached hydrogen (secondary N) is 1. The van der Waals surface area contributed by atoms with Gasteiger partial charge in [-0.3, -0.25) is 4.79 Å². The Bertz CT molecular complexity index is 1250. The summed E-state index contributed by atoms with van der Waals surface area (Å²) in [5.74, 6) is 2.26. The number of carbonyl (C=O) groups is 1. The fourth-order valence-electron chi connectivity index (χ4n) is 3.40. The number of oxazole rings is 1. The van der Waals surface area contributed by atoms with E-state index in [1.165, 1.54) is 6.92 Å². The van der Waals surface area contributed by atoms with Gasteiger partial charge in [-0.25, -0.2) is 9.97 Å². The molecular formula is C26H27N3O5. The molecule has 0 spiro atoms. The molecule has 0 aliphatic heterocycles. The maximum atomic E-state index is 11.3. The summed E-state index contributed by atoms with van der Waals surface area (Å²) in [5, 5.41) is 2.87. The molecule has 2 aromatic carbocycles. The molecule has 8 nitrogen and oxygen atoms in total. The number of fused-ring (bicyclic) bond motifs is 1. The van der Waals surface area contributed by atoms with Gasteiger partial charge in [0, 0.05) is 19.6 Å². The largest absolute Gasteiger partial charge is 0.491 e. The summed E-state index contributed by atoms with van der Waals surface area (Å²) in [6.45, 7) is 7.05. The molecule has 2 heterocycles. The highest BCUT2D eigenvalue weighted by molar-refractivity contribution is 5.77. The number of pyridine rings is 1. The van der Waals surface area contributed by atoms with E-state index in [1.807, 2.05) is 62.4 Å². The number of ether oxygens (including phenoxy) is 3. The minimum absolute atomic E-state index is 0.0850. The van der Waals surface area contributed by atoms with Crippen molar-refractivity contribution in [1.82, 2.24) is 15.3 Å². The number of hydrogen-bond donors (Lipinski definition) is 1. The van der Waals surface area contributed by atoms with Crippen LogP contribution < -0.4 is 14.8 Å². The lowest BCUT2D eigenvalue weighted by molar-refractivity contribution is -0.119. The molecule has 1 unspecified atom stereocenters. The Morgan fingerprint density at radius 2 is 1.91 bits per heavy atom. The van der Waals surface area contributed by atoms with Crippen molar-refractivity contribution in [3.8, 4) is 28.8 Å². The fraction of sp³-hybridized carbons (Fsp3) is 0.269. The molecule has 176 valence electrons. The molecule has 1 amide bonds. The van der Waals surface area contributed by atoms with Gasteiger partial charge in [-0.15, -0.1) is 0 Å². The van der Waals surface area contributed by atoms with Crippen molar-refractivity contribution in [2.75, 3.05) is 19.8 Å². The van der Waals surface area contributed by atoms with E-state index in [-0.39, 0.29) is 11.9 Å². The van der Waals surface area contributed by atoms with Crippen LogP contribution in [0.1, 0.15) is 32.4 Å². The first kappa shape index (κ1) is 23.3. The van der Waals surface area contributed by atoms with Gasteiger partial charge in [-0.1, -0.05) is 12.1 Å². The Labute approximate surface area is 197 Å². The van der Waals surface area contributed by atoms with Crippen LogP contribution in [0.15, 0.2) is 65.2 Å². The summed E-state index contributed by atoms with van der Waals surface area (Å²) in [6.07, 6.45) is 1.62. The Balaban J connectivity index is 1.44. The third-order valence-corrected chi connectivity index (χ3v) is 5.03. The summed E-state index contributed by atoms with van der Waals surface area (Å²) in [6, 6.07) is 16.6. The Kier molecular flexibility index (Phi) is 7.39. The molecule has 1 N–H and O–H groups in total. The molecule has 4 rings (SSSR count). The highest BCUT2D eigenvalue weighted by Gasteiger charge is 2.13. The van der Waals surface area contributed by atoms with E-state index in [9.17, 15) is 4.79 Å². The van der Waals surface area contributed by atoms with E-state index in [1.54, 1.807) is 12.3 Å². The minimum atomic E-state index is -0.126. The minimum Gasteiger partial charge on any atom is -0.491 e. The van der Waals surface area contributed by atoms with Crippen LogP contribution in [0.25, 0.3) is 22.7 Å². The number of rotatable bonds is 10. The topological polar surface area (TPSA) is 95.7 Å². The summed E-state index contributed by atoms with van der Waals surface area (Å²) in [4.78, 5) is 20.3. The molecule has 0 saturated heterocycles. The lowest BCUT2D eigenvalue weighted by Crippen LogP contribution is -2.23. The maximum absolute atomic E-state index is 11.3. The predicted molar refractivity (Wildman–Crippen MR) is 128 cm³/mol. The van der Waals surface area contributed by atoms with Crippen LogP contribution >= 0.6 is 0 Å². The van der Waals surface area contributed by atoms with Gasteiger partial charge in [0.1, 0.15) is 35.1 Å². The molecular weight excluding hydrogens is 434 g/mol. The number of aromatic nitrogens is 2. The molecule has 8 heteroatoms. The van der Waals surface area contributed by atoms with Gasteiger partial charge in [0.25, 0.3) is 0 Å². The first-order chi connectivity index (χ1) is 16.5. The van der Waals surface area contributed by atoms with Crippen LogP contribution in [0.4, 0.5) is 0 Å². The molecule has 0 fully saturated rings. The lowest BCUT2D eigenvalue weighted by atomic mass is 10.1. The third kappa shape index (κ3) is 5.90. The Hall–Kier alpha value is -3.91. The summed E-state index contributed by atoms with van der Waals surface area (Å²) < 4.78 is 22.8. The first-order valence-corrected chi connectivity index (χ1v) is 11.1. The van der Waals surface area contributed by atoms with Gasteiger partial charge in [0.15, 0.2) is 5.58 Å². The maximum Gasteiger partial charge on any atom is 0.246 e. The van der Waals surface area contributed by atoms with Crippen molar-refractivity contribution in [3.05, 3.63) is 66.4 Å². The van der Waals surface area contributed by atoms with Crippen molar-refractivity contribution in [1.29, 1.82) is 0 Å². The van der Waals surface area contributed by atoms with Crippen molar-refractivity contribution in [2.24, 2.45) is 0 Å². The predicted octanol–water partition coefficient (Wildman–Crippen LogP) is 5.29. The van der Waals surface area contributed by atoms with Gasteiger partial charge >= 0.3 is 0 Å². The van der Waals surface area contributed by atoms with Crippen LogP contribution in [0.3, 0.4) is 0 Å². The number of benzene rings is 2. The van der Waals surface area contributed by atoms with Crippen molar-refractivity contribution < 1.29 is 23.4 Å². The number of hydrogen-bond acceptors (Lipinski definition) is 7. The van der Waals surface area contributed by atoms with Crippen LogP contribution in [0, 0.1) is 0 Å². The third-order valence-electron chi connectivity index (χ3n) is 5.03. The molecule has 4 aromatic rings. The fourth-order valence-corrected chi connectivity index (χ4v) is 3.40. The van der Waals surface area contributed by atoms with Gasteiger partial charge < -0.3 is 23.9 Å². The van der Waals surface area contributed by atoms with Crippen molar-refractivity contribution in [2.45, 2.75) is 26.8 Å². The molecule has 0 aliphatic rings. The van der Waals surface area contributed by atoms with Crippen LogP contribution in [-0.2, 0) is 9.53 Å². The second-order valence-electron chi connectivity index (χ2n) is 7.67. The Morgan fingerprint density at radius 1 is 1.06 bits per heavy atom. The SMILES string of the molecule is CCOCCOc1cccc(Oc2ccc(-c3nc4ccc(C(C)NC(C)=O)cc4o3)nc2)c1. The van der Waals surface area contributed by atoms with E-state index >= 15 is 0 Å². The molecule has 0 aliphatic carbocycles. The lowest BCUT2D eigenvalue weighted by Gasteiger charge is -2.12. The van der Waals surface area contributed by atoms with Crippen molar-refractivity contribution in [3.63, 3.8) is 0 Å². The molecule has 0 radical (unpaired) electrons. The summed E-state index contributed by atoms with van der Waals surface area (Å²) in [5.41, 5.74) is 2.88. The summed E-state index contributed by atoms with van der Waals surface area (Å²) >= 11 is 0. The zero-order valence-electron chi connectivity index (χ0n) is 19.4. The van der Waals surface area contributed by atoms with Crippen LogP contribution in [-0.4, -0.2) is 35.7 Å². The van der Waals surface area contributed by atoms with E-state index in [4.69, 9.17) is 18.6 Å². The average Bonchev–Trinajstić information content (AvgIpc) is 3.26. The monoisotopic (exact) mass is 461 g/mol. The Morgan fingerprint density at radius 3 is 2.68 bits per heavy atom. The smallest absolute Gasteiger partial charge is 0.246 e. The number of amides is 1. The molecule has 1 atom stereocenters. The number of carbonyl (C=O) groups excluding carboxylic acids is 1. The molecule has 2 aromatic heterocycles. The quantitative estimate of drug-likeness (QED) is 0.320. The van der Waals surface area contributed by atoms with Gasteiger partial charge in [0.05, 0.1) is 18.8 Å². The average molecular weight is 462 g/mol. The second kappa shape index (κ2) is 10.8. The normalized spacial score (nSPS) is 11.9. The standard InChI is InChI=1S/C26H27N3O5/c1-4-31-12-13-32-20-6-5-7-21(15-20)33-22-9-11-24(27-16-22)26-29-23-10-8-19(14-25(23)34-26)17(2)28-18(3)30/h5-11,14-17H,4,12-13H2,1-3H3,(H,28,30). The van der Waals surface area contributed by atoms with E-state index in [0.717, 1.165) is 11.1 Å². The van der Waals surface area contributed by atoms with E-state index in [2.05, 4.69) is 15.3 Å². The van der Waals surface area contributed by atoms with Crippen molar-refractivity contribution >= 4 is 17.0 Å². The van der Waals surface area contributed by atoms with Crippen LogP contribution in [0.2, 0.25) is 0 Å². The zero-order valence-corrected chi connectivity index (χ0v) is 19.4. The molecule has 34 heavy (non-hydrogen) atoms. The molecule has 0 bridgehead atoms. The van der Waals surface area contributed by atoms with E-state index in [0.29, 0.717) is 54.2 Å². The summed E-state index contributed by atoms with van der Waals surface area (Å²) in [7, 11) is 0. The van der Waals surface area contributed by atoms with Crippen LogP contribution in [0.5, 0.6) is 17.2 Å². The van der Waals surface area contributed by atoms with Gasteiger partial charge in [-0.05, 0) is 55.8 Å². The molecule has 0 saturated carbocycles. The highest BCUT2D eigenvalue weighted by Crippen LogP contribution is 2.28. The number of nitrogens with zero attached hydrogens (tertiary/aromatic N) is 2. The van der Waals surface area contributed by atoms with E-state index < -0.39 is 0 Å². The van der Waals surface area contributed by atoms with Gasteiger partial charge in [0.2, 0.25) is 11.8 Å².